The predicted octanol–water partition coefficient (Wildman–Crippen LogP) is 5.42. The Morgan fingerprint density at radius 3 is 2.56 bits per heavy atom. The highest BCUT2D eigenvalue weighted by molar-refractivity contribution is 6.36. The van der Waals surface area contributed by atoms with Crippen molar-refractivity contribution in [3.05, 3.63) is 63.9 Å². The molecule has 0 bridgehead atoms. The van der Waals surface area contributed by atoms with Gasteiger partial charge in [-0.05, 0) is 24.3 Å². The lowest BCUT2D eigenvalue weighted by molar-refractivity contribution is 0.609. The Kier molecular flexibility index (Phi) is 4.28. The van der Waals surface area contributed by atoms with Gasteiger partial charge in [-0.1, -0.05) is 41.4 Å². The monoisotopic (exact) mass is 282 g/mol. The Morgan fingerprint density at radius 2 is 1.83 bits per heavy atom. The van der Waals surface area contributed by atoms with Crippen LogP contribution in [0.5, 0.6) is 0 Å². The quantitative estimate of drug-likeness (QED) is 0.672. The van der Waals surface area contributed by atoms with Crippen LogP contribution < -0.4 is 0 Å². The molecule has 0 radical (unpaired) electrons. The summed E-state index contributed by atoms with van der Waals surface area (Å²) < 4.78 is 13.3. The highest BCUT2D eigenvalue weighted by Gasteiger charge is 2.01. The fourth-order valence-corrected chi connectivity index (χ4v) is 1.82. The molecule has 2 rings (SSSR count). The summed E-state index contributed by atoms with van der Waals surface area (Å²) in [5.74, 6) is -0.293. The number of azo groups is 1. The third kappa shape index (κ3) is 3.28. The molecule has 0 amide bonds. The summed E-state index contributed by atoms with van der Waals surface area (Å²) in [4.78, 5) is 0. The highest BCUT2D eigenvalue weighted by Crippen LogP contribution is 2.28. The van der Waals surface area contributed by atoms with E-state index < -0.39 is 0 Å². The Bertz CT molecular complexity index is 585. The maximum atomic E-state index is 13.3. The zero-order valence-corrected chi connectivity index (χ0v) is 10.8. The number of halogens is 3. The molecule has 2 aromatic carbocycles. The van der Waals surface area contributed by atoms with Crippen LogP contribution in [0.15, 0.2) is 52.7 Å². The van der Waals surface area contributed by atoms with E-state index in [2.05, 4.69) is 10.2 Å². The number of nitrogens with zero attached hydrogens (tertiary/aromatic N) is 2. The van der Waals surface area contributed by atoms with Crippen molar-refractivity contribution in [1.82, 2.24) is 0 Å². The van der Waals surface area contributed by atoms with Crippen molar-refractivity contribution < 1.29 is 4.39 Å². The van der Waals surface area contributed by atoms with Crippen molar-refractivity contribution in [3.63, 3.8) is 0 Å². The summed E-state index contributed by atoms with van der Waals surface area (Å²) in [5.41, 5.74) is 1.00. The van der Waals surface area contributed by atoms with Crippen LogP contribution in [-0.4, -0.2) is 0 Å². The molecule has 0 aliphatic rings. The van der Waals surface area contributed by atoms with Gasteiger partial charge in [-0.3, -0.25) is 0 Å². The minimum absolute atomic E-state index is 0.172. The Morgan fingerprint density at radius 1 is 1.06 bits per heavy atom. The first-order valence-corrected chi connectivity index (χ1v) is 5.98. The van der Waals surface area contributed by atoms with Gasteiger partial charge in [0.15, 0.2) is 0 Å². The van der Waals surface area contributed by atoms with Crippen LogP contribution >= 0.6 is 23.2 Å². The van der Waals surface area contributed by atoms with Gasteiger partial charge in [0.25, 0.3) is 0 Å². The Labute approximate surface area is 114 Å². The average molecular weight is 283 g/mol. The maximum absolute atomic E-state index is 13.3. The van der Waals surface area contributed by atoms with Crippen molar-refractivity contribution in [2.45, 2.75) is 6.54 Å². The first kappa shape index (κ1) is 13.0. The molecule has 92 valence electrons. The van der Waals surface area contributed by atoms with Crippen molar-refractivity contribution in [2.24, 2.45) is 10.2 Å². The van der Waals surface area contributed by atoms with Gasteiger partial charge in [0.2, 0.25) is 0 Å². The zero-order valence-electron chi connectivity index (χ0n) is 9.28. The van der Waals surface area contributed by atoms with Crippen LogP contribution in [0.4, 0.5) is 10.1 Å². The molecule has 0 aliphatic heterocycles. The van der Waals surface area contributed by atoms with E-state index in [0.29, 0.717) is 21.3 Å². The normalized spacial score (nSPS) is 11.1. The molecule has 0 spiro atoms. The second kappa shape index (κ2) is 5.94. The number of benzene rings is 2. The van der Waals surface area contributed by atoms with Crippen molar-refractivity contribution >= 4 is 28.9 Å². The molecular formula is C13H9Cl2FN2. The summed E-state index contributed by atoms with van der Waals surface area (Å²) in [5, 5.41) is 8.82. The molecule has 0 fully saturated rings. The Balaban J connectivity index is 2.10. The Hall–Kier alpha value is -1.45. The molecule has 0 heterocycles. The van der Waals surface area contributed by atoms with Crippen LogP contribution in [-0.2, 0) is 6.54 Å². The van der Waals surface area contributed by atoms with E-state index in [1.165, 1.54) is 6.07 Å². The second-order valence-electron chi connectivity index (χ2n) is 3.59. The fraction of sp³-hybridized carbons (Fsp3) is 0.0769. The lowest BCUT2D eigenvalue weighted by atomic mass is 10.2. The predicted molar refractivity (Wildman–Crippen MR) is 71.1 cm³/mol. The molecule has 0 unspecified atom stereocenters. The summed E-state index contributed by atoms with van der Waals surface area (Å²) >= 11 is 11.7. The summed E-state index contributed by atoms with van der Waals surface area (Å²) in [6, 6.07) is 11.4. The van der Waals surface area contributed by atoms with Gasteiger partial charge in [-0.25, -0.2) is 4.39 Å². The SMILES string of the molecule is Fc1ccccc1CN=Nc1ccc(Cl)cc1Cl. The zero-order chi connectivity index (χ0) is 13.0. The van der Waals surface area contributed by atoms with E-state index in [1.54, 1.807) is 36.4 Å². The molecular weight excluding hydrogens is 274 g/mol. The molecule has 0 saturated carbocycles. The largest absolute Gasteiger partial charge is 0.207 e. The van der Waals surface area contributed by atoms with Crippen LogP contribution in [0.1, 0.15) is 5.56 Å². The fourth-order valence-electron chi connectivity index (χ4n) is 1.38. The van der Waals surface area contributed by atoms with Crippen LogP contribution in [0, 0.1) is 5.82 Å². The standard InChI is InChI=1S/C13H9Cl2FN2/c14-10-5-6-13(11(15)7-10)18-17-8-9-3-1-2-4-12(9)16/h1-7H,8H2. The third-order valence-electron chi connectivity index (χ3n) is 2.29. The number of hydrogen-bond donors (Lipinski definition) is 0. The lowest BCUT2D eigenvalue weighted by Gasteiger charge is -1.99. The van der Waals surface area contributed by atoms with Gasteiger partial charge in [-0.2, -0.15) is 10.2 Å². The van der Waals surface area contributed by atoms with E-state index in [9.17, 15) is 4.39 Å². The van der Waals surface area contributed by atoms with Crippen LogP contribution in [0.2, 0.25) is 10.0 Å². The molecule has 0 N–H and O–H groups in total. The molecule has 0 aliphatic carbocycles. The number of rotatable bonds is 3. The third-order valence-corrected chi connectivity index (χ3v) is 2.82. The average Bonchev–Trinajstić information content (AvgIpc) is 2.34. The van der Waals surface area contributed by atoms with E-state index in [0.717, 1.165) is 0 Å². The van der Waals surface area contributed by atoms with E-state index in [4.69, 9.17) is 23.2 Å². The van der Waals surface area contributed by atoms with Crippen LogP contribution in [0.25, 0.3) is 0 Å². The van der Waals surface area contributed by atoms with Crippen molar-refractivity contribution in [2.75, 3.05) is 0 Å². The van der Waals surface area contributed by atoms with Crippen molar-refractivity contribution in [1.29, 1.82) is 0 Å². The maximum Gasteiger partial charge on any atom is 0.128 e. The summed E-state index contributed by atoms with van der Waals surface area (Å²) in [7, 11) is 0. The van der Waals surface area contributed by atoms with Gasteiger partial charge in [0, 0.05) is 10.6 Å². The van der Waals surface area contributed by atoms with E-state index in [-0.39, 0.29) is 12.4 Å². The van der Waals surface area contributed by atoms with Gasteiger partial charge >= 0.3 is 0 Å². The lowest BCUT2D eigenvalue weighted by Crippen LogP contribution is -1.85. The van der Waals surface area contributed by atoms with Gasteiger partial charge in [0.05, 0.1) is 11.6 Å². The van der Waals surface area contributed by atoms with E-state index in [1.807, 2.05) is 0 Å². The highest BCUT2D eigenvalue weighted by atomic mass is 35.5. The number of hydrogen-bond acceptors (Lipinski definition) is 2. The topological polar surface area (TPSA) is 24.7 Å². The first-order valence-electron chi connectivity index (χ1n) is 5.23. The van der Waals surface area contributed by atoms with E-state index >= 15 is 0 Å². The molecule has 0 atom stereocenters. The molecule has 0 aromatic heterocycles. The first-order chi connectivity index (χ1) is 8.66. The van der Waals surface area contributed by atoms with Gasteiger partial charge in [-0.15, -0.1) is 0 Å². The molecule has 0 saturated heterocycles. The summed E-state index contributed by atoms with van der Waals surface area (Å²) in [6.45, 7) is 0.172. The molecule has 2 aromatic rings. The van der Waals surface area contributed by atoms with Gasteiger partial charge in [0.1, 0.15) is 11.5 Å². The molecule has 18 heavy (non-hydrogen) atoms. The minimum Gasteiger partial charge on any atom is -0.207 e. The van der Waals surface area contributed by atoms with Crippen molar-refractivity contribution in [3.8, 4) is 0 Å². The second-order valence-corrected chi connectivity index (χ2v) is 4.43. The minimum atomic E-state index is -0.293. The molecule has 2 nitrogen and oxygen atoms in total. The van der Waals surface area contributed by atoms with Gasteiger partial charge < -0.3 is 0 Å². The van der Waals surface area contributed by atoms with Crippen LogP contribution in [0.3, 0.4) is 0 Å². The smallest absolute Gasteiger partial charge is 0.128 e. The summed E-state index contributed by atoms with van der Waals surface area (Å²) in [6.07, 6.45) is 0. The molecule has 5 heteroatoms.